The predicted octanol–water partition coefficient (Wildman–Crippen LogP) is 4.43. The van der Waals surface area contributed by atoms with Gasteiger partial charge in [0.25, 0.3) is 0 Å². The normalized spacial score (nSPS) is 10.8. The Kier molecular flexibility index (Phi) is 5.94. The number of methoxy groups -OCH3 is 3. The molecule has 0 aliphatic carbocycles. The van der Waals surface area contributed by atoms with Crippen molar-refractivity contribution in [1.82, 2.24) is 15.0 Å². The second-order valence-electron chi connectivity index (χ2n) is 6.48. The molecule has 2 heterocycles. The molecule has 2 aromatic heterocycles. The molecular weight excluding hydrogens is 400 g/mol. The van der Waals surface area contributed by atoms with Gasteiger partial charge in [0.1, 0.15) is 17.9 Å². The van der Waals surface area contributed by atoms with Crippen LogP contribution in [0, 0.1) is 0 Å². The number of aromatic nitrogens is 3. The maximum Gasteiger partial charge on any atom is 0.162 e. The van der Waals surface area contributed by atoms with Gasteiger partial charge in [-0.25, -0.2) is 15.0 Å². The van der Waals surface area contributed by atoms with Crippen molar-refractivity contribution < 1.29 is 14.2 Å². The van der Waals surface area contributed by atoms with Gasteiger partial charge < -0.3 is 19.5 Å². The Morgan fingerprint density at radius 3 is 2.43 bits per heavy atom. The number of hydrogen-bond acceptors (Lipinski definition) is 8. The summed E-state index contributed by atoms with van der Waals surface area (Å²) in [5.41, 5.74) is 2.84. The largest absolute Gasteiger partial charge is 0.497 e. The van der Waals surface area contributed by atoms with E-state index in [1.54, 1.807) is 39.0 Å². The molecule has 4 aromatic rings. The lowest BCUT2D eigenvalue weighted by Gasteiger charge is -2.11. The molecule has 8 heteroatoms. The summed E-state index contributed by atoms with van der Waals surface area (Å²) in [6, 6.07) is 11.7. The fourth-order valence-electron chi connectivity index (χ4n) is 3.13. The molecule has 0 aliphatic heterocycles. The van der Waals surface area contributed by atoms with E-state index in [4.69, 9.17) is 19.2 Å². The van der Waals surface area contributed by atoms with E-state index in [1.807, 2.05) is 36.4 Å². The first-order valence-electron chi connectivity index (χ1n) is 9.41. The first-order chi connectivity index (χ1) is 14.7. The zero-order valence-electron chi connectivity index (χ0n) is 17.0. The Balaban J connectivity index is 1.45. The van der Waals surface area contributed by atoms with Gasteiger partial charge in [-0.05, 0) is 30.3 Å². The average molecular weight is 423 g/mol. The lowest BCUT2D eigenvalue weighted by atomic mass is 10.2. The summed E-state index contributed by atoms with van der Waals surface area (Å²) in [5, 5.41) is 7.41. The predicted molar refractivity (Wildman–Crippen MR) is 119 cm³/mol. The van der Waals surface area contributed by atoms with E-state index < -0.39 is 0 Å². The summed E-state index contributed by atoms with van der Waals surface area (Å²) in [5.74, 6) is 2.88. The average Bonchev–Trinajstić information content (AvgIpc) is 3.27. The molecule has 1 N–H and O–H groups in total. The van der Waals surface area contributed by atoms with Crippen molar-refractivity contribution in [3.05, 3.63) is 53.1 Å². The van der Waals surface area contributed by atoms with Gasteiger partial charge in [-0.3, -0.25) is 0 Å². The van der Waals surface area contributed by atoms with Crippen LogP contribution in [0.4, 0.5) is 5.82 Å². The number of thiazole rings is 1. The molecule has 4 rings (SSSR count). The Bertz CT molecular complexity index is 1150. The van der Waals surface area contributed by atoms with Crippen molar-refractivity contribution in [3.63, 3.8) is 0 Å². The lowest BCUT2D eigenvalue weighted by molar-refractivity contribution is 0.356. The Morgan fingerprint density at radius 2 is 1.70 bits per heavy atom. The smallest absolute Gasteiger partial charge is 0.162 e. The van der Waals surface area contributed by atoms with Crippen molar-refractivity contribution in [2.45, 2.75) is 6.42 Å². The topological polar surface area (TPSA) is 78.4 Å². The Morgan fingerprint density at radius 1 is 0.933 bits per heavy atom. The Labute approximate surface area is 178 Å². The molecule has 154 valence electrons. The van der Waals surface area contributed by atoms with Crippen LogP contribution in [0.1, 0.15) is 5.01 Å². The molecule has 2 aromatic carbocycles. The zero-order valence-corrected chi connectivity index (χ0v) is 17.8. The van der Waals surface area contributed by atoms with Gasteiger partial charge in [0, 0.05) is 35.4 Å². The van der Waals surface area contributed by atoms with Crippen LogP contribution in [0.3, 0.4) is 0 Å². The third-order valence-electron chi connectivity index (χ3n) is 4.71. The van der Waals surface area contributed by atoms with E-state index in [2.05, 4.69) is 20.7 Å². The molecule has 0 atom stereocenters. The monoisotopic (exact) mass is 422 g/mol. The fraction of sp³-hybridized carbons (Fsp3) is 0.227. The summed E-state index contributed by atoms with van der Waals surface area (Å²) in [4.78, 5) is 13.5. The minimum Gasteiger partial charge on any atom is -0.497 e. The molecule has 0 fully saturated rings. The van der Waals surface area contributed by atoms with Gasteiger partial charge in [0.15, 0.2) is 11.5 Å². The van der Waals surface area contributed by atoms with Gasteiger partial charge in [0.05, 0.1) is 37.5 Å². The van der Waals surface area contributed by atoms with Crippen molar-refractivity contribution in [3.8, 4) is 28.5 Å². The SMILES string of the molecule is COc1ccc(-c2csc(CCNc3ncnc4cc(OC)c(OC)cc34)n2)cc1. The number of anilines is 1. The van der Waals surface area contributed by atoms with Crippen LogP contribution in [-0.2, 0) is 6.42 Å². The molecule has 0 radical (unpaired) electrons. The standard InChI is InChI=1S/C22H22N4O3S/c1-27-15-6-4-14(5-7-15)18-12-30-21(26-18)8-9-23-22-16-10-19(28-2)20(29-3)11-17(16)24-13-25-22/h4-7,10-13H,8-9H2,1-3H3,(H,23,24,25). The minimum atomic E-state index is 0.642. The van der Waals surface area contributed by atoms with Crippen molar-refractivity contribution >= 4 is 28.1 Å². The highest BCUT2D eigenvalue weighted by Crippen LogP contribution is 2.33. The molecule has 0 unspecified atom stereocenters. The molecule has 0 spiro atoms. The van der Waals surface area contributed by atoms with E-state index in [0.717, 1.165) is 45.2 Å². The van der Waals surface area contributed by atoms with Crippen LogP contribution >= 0.6 is 11.3 Å². The number of rotatable bonds is 8. The molecule has 30 heavy (non-hydrogen) atoms. The van der Waals surface area contributed by atoms with Crippen LogP contribution in [0.25, 0.3) is 22.2 Å². The number of nitrogens with zero attached hydrogens (tertiary/aromatic N) is 3. The van der Waals surface area contributed by atoms with Gasteiger partial charge in [-0.2, -0.15) is 0 Å². The zero-order chi connectivity index (χ0) is 20.9. The first-order valence-corrected chi connectivity index (χ1v) is 10.3. The molecular formula is C22H22N4O3S. The van der Waals surface area contributed by atoms with E-state index in [-0.39, 0.29) is 0 Å². The molecule has 0 aliphatic rings. The quantitative estimate of drug-likeness (QED) is 0.450. The summed E-state index contributed by atoms with van der Waals surface area (Å²) in [7, 11) is 4.89. The highest BCUT2D eigenvalue weighted by molar-refractivity contribution is 7.09. The summed E-state index contributed by atoms with van der Waals surface area (Å²) < 4.78 is 16.0. The fourth-order valence-corrected chi connectivity index (χ4v) is 3.94. The van der Waals surface area contributed by atoms with E-state index in [9.17, 15) is 0 Å². The van der Waals surface area contributed by atoms with E-state index in [0.29, 0.717) is 18.0 Å². The van der Waals surface area contributed by atoms with Crippen LogP contribution < -0.4 is 19.5 Å². The number of benzene rings is 2. The van der Waals surface area contributed by atoms with Crippen molar-refractivity contribution in [2.75, 3.05) is 33.2 Å². The maximum absolute atomic E-state index is 5.41. The molecule has 0 saturated carbocycles. The van der Waals surface area contributed by atoms with E-state index in [1.165, 1.54) is 0 Å². The van der Waals surface area contributed by atoms with Gasteiger partial charge in [0.2, 0.25) is 0 Å². The number of hydrogen-bond donors (Lipinski definition) is 1. The summed E-state index contributed by atoms with van der Waals surface area (Å²) >= 11 is 1.65. The van der Waals surface area contributed by atoms with Crippen LogP contribution in [0.15, 0.2) is 48.1 Å². The second-order valence-corrected chi connectivity index (χ2v) is 7.42. The van der Waals surface area contributed by atoms with Crippen molar-refractivity contribution in [2.24, 2.45) is 0 Å². The third kappa shape index (κ3) is 4.13. The Hall–Kier alpha value is -3.39. The van der Waals surface area contributed by atoms with Crippen molar-refractivity contribution in [1.29, 1.82) is 0 Å². The first kappa shape index (κ1) is 19.9. The summed E-state index contributed by atoms with van der Waals surface area (Å²) in [6.07, 6.45) is 2.33. The second kappa shape index (κ2) is 8.96. The van der Waals surface area contributed by atoms with Crippen LogP contribution in [0.5, 0.6) is 17.2 Å². The van der Waals surface area contributed by atoms with Gasteiger partial charge >= 0.3 is 0 Å². The van der Waals surface area contributed by atoms with Gasteiger partial charge in [-0.1, -0.05) is 0 Å². The summed E-state index contributed by atoms with van der Waals surface area (Å²) in [6.45, 7) is 0.704. The molecule has 7 nitrogen and oxygen atoms in total. The van der Waals surface area contributed by atoms with E-state index >= 15 is 0 Å². The highest BCUT2D eigenvalue weighted by Gasteiger charge is 2.11. The van der Waals surface area contributed by atoms with Crippen LogP contribution in [-0.4, -0.2) is 42.8 Å². The van der Waals surface area contributed by atoms with Gasteiger partial charge in [-0.15, -0.1) is 11.3 Å². The van der Waals surface area contributed by atoms with Crippen LogP contribution in [0.2, 0.25) is 0 Å². The highest BCUT2D eigenvalue weighted by atomic mass is 32.1. The third-order valence-corrected chi connectivity index (χ3v) is 5.62. The molecule has 0 amide bonds. The lowest BCUT2D eigenvalue weighted by Crippen LogP contribution is -2.07. The minimum absolute atomic E-state index is 0.642. The number of ether oxygens (including phenoxy) is 3. The maximum atomic E-state index is 5.41. The number of fused-ring (bicyclic) bond motifs is 1. The molecule has 0 bridgehead atoms. The molecule has 0 saturated heterocycles. The number of nitrogens with one attached hydrogen (secondary N) is 1.